The quantitative estimate of drug-likeness (QED) is 0.804. The van der Waals surface area contributed by atoms with Crippen LogP contribution in [-0.2, 0) is 14.8 Å². The van der Waals surface area contributed by atoms with E-state index in [1.807, 2.05) is 18.2 Å². The topological polar surface area (TPSA) is 84.5 Å². The largest absolute Gasteiger partial charge is 0.497 e. The first-order valence-corrected chi connectivity index (χ1v) is 9.22. The van der Waals surface area contributed by atoms with Gasteiger partial charge in [0.25, 0.3) is 0 Å². The van der Waals surface area contributed by atoms with E-state index in [0.717, 1.165) is 6.26 Å². The molecule has 0 fully saturated rings. The second-order valence-electron chi connectivity index (χ2n) is 5.33. The van der Waals surface area contributed by atoms with E-state index in [-0.39, 0.29) is 12.3 Å². The normalized spacial score (nSPS) is 12.4. The minimum atomic E-state index is -3.47. The van der Waals surface area contributed by atoms with E-state index in [1.54, 1.807) is 43.5 Å². The highest BCUT2D eigenvalue weighted by molar-refractivity contribution is 7.88. The maximum atomic E-state index is 12.2. The summed E-state index contributed by atoms with van der Waals surface area (Å²) in [7, 11) is -1.92. The Kier molecular flexibility index (Phi) is 5.94. The van der Waals surface area contributed by atoms with Gasteiger partial charge in [0.1, 0.15) is 5.75 Å². The molecular formula is C17H20N2O4S. The second kappa shape index (κ2) is 7.94. The molecule has 24 heavy (non-hydrogen) atoms. The van der Waals surface area contributed by atoms with E-state index in [9.17, 15) is 13.2 Å². The summed E-state index contributed by atoms with van der Waals surface area (Å²) in [5, 5.41) is 2.75. The Balaban J connectivity index is 2.14. The van der Waals surface area contributed by atoms with E-state index in [1.165, 1.54) is 0 Å². The summed E-state index contributed by atoms with van der Waals surface area (Å²) in [6.45, 7) is 0. The molecule has 0 heterocycles. The Bertz CT molecular complexity index is 774. The van der Waals surface area contributed by atoms with Gasteiger partial charge in [-0.2, -0.15) is 0 Å². The number of ether oxygens (including phenoxy) is 1. The fourth-order valence-electron chi connectivity index (χ4n) is 2.24. The number of anilines is 1. The Morgan fingerprint density at radius 2 is 1.71 bits per heavy atom. The van der Waals surface area contributed by atoms with Gasteiger partial charge < -0.3 is 10.1 Å². The summed E-state index contributed by atoms with van der Waals surface area (Å²) < 4.78 is 30.8. The number of hydrogen-bond donors (Lipinski definition) is 2. The third-order valence-corrected chi connectivity index (χ3v) is 4.03. The molecule has 0 saturated carbocycles. The van der Waals surface area contributed by atoms with Gasteiger partial charge >= 0.3 is 0 Å². The van der Waals surface area contributed by atoms with Gasteiger partial charge in [-0.1, -0.05) is 30.3 Å². The molecule has 0 radical (unpaired) electrons. The fraction of sp³-hybridized carbons (Fsp3) is 0.235. The Morgan fingerprint density at radius 3 is 2.25 bits per heavy atom. The molecule has 2 aromatic carbocycles. The third kappa shape index (κ3) is 5.68. The third-order valence-electron chi connectivity index (χ3n) is 3.32. The van der Waals surface area contributed by atoms with Crippen LogP contribution in [0, 0.1) is 0 Å². The smallest absolute Gasteiger partial charge is 0.226 e. The molecular weight excluding hydrogens is 328 g/mol. The van der Waals surface area contributed by atoms with Crippen molar-refractivity contribution >= 4 is 21.6 Å². The molecule has 0 bridgehead atoms. The fourth-order valence-corrected chi connectivity index (χ4v) is 2.98. The summed E-state index contributed by atoms with van der Waals surface area (Å²) in [6, 6.07) is 15.3. The molecule has 0 aliphatic carbocycles. The highest BCUT2D eigenvalue weighted by atomic mass is 32.2. The molecule has 0 spiro atoms. The lowest BCUT2D eigenvalue weighted by molar-refractivity contribution is -0.116. The van der Waals surface area contributed by atoms with Crippen molar-refractivity contribution in [3.63, 3.8) is 0 Å². The molecule has 0 aliphatic rings. The van der Waals surface area contributed by atoms with Gasteiger partial charge in [-0.15, -0.1) is 0 Å². The standard InChI is InChI=1S/C17H20N2O4S/c1-23-15-10-8-13(9-11-15)16(19-24(2,21)22)12-17(20)18-14-6-4-3-5-7-14/h3-11,16,19H,12H2,1-2H3,(H,18,20). The average molecular weight is 348 g/mol. The minimum Gasteiger partial charge on any atom is -0.497 e. The number of rotatable bonds is 7. The average Bonchev–Trinajstić information content (AvgIpc) is 2.54. The molecule has 2 N–H and O–H groups in total. The Morgan fingerprint density at radius 1 is 1.08 bits per heavy atom. The van der Waals surface area contributed by atoms with Crippen LogP contribution < -0.4 is 14.8 Å². The molecule has 1 amide bonds. The van der Waals surface area contributed by atoms with E-state index < -0.39 is 16.1 Å². The summed E-state index contributed by atoms with van der Waals surface area (Å²) in [5.41, 5.74) is 1.35. The van der Waals surface area contributed by atoms with Crippen LogP contribution in [-0.4, -0.2) is 27.7 Å². The van der Waals surface area contributed by atoms with Crippen LogP contribution in [0.3, 0.4) is 0 Å². The molecule has 0 saturated heterocycles. The predicted molar refractivity (Wildman–Crippen MR) is 93.4 cm³/mol. The van der Waals surface area contributed by atoms with Gasteiger partial charge in [-0.3, -0.25) is 4.79 Å². The van der Waals surface area contributed by atoms with E-state index in [0.29, 0.717) is 17.0 Å². The van der Waals surface area contributed by atoms with Crippen molar-refractivity contribution in [1.82, 2.24) is 4.72 Å². The first-order chi connectivity index (χ1) is 11.4. The van der Waals surface area contributed by atoms with E-state index >= 15 is 0 Å². The molecule has 2 aromatic rings. The SMILES string of the molecule is COc1ccc(C(CC(=O)Nc2ccccc2)NS(C)(=O)=O)cc1. The van der Waals surface area contributed by atoms with Crippen molar-refractivity contribution in [2.45, 2.75) is 12.5 Å². The predicted octanol–water partition coefficient (Wildman–Crippen LogP) is 2.31. The monoisotopic (exact) mass is 348 g/mol. The zero-order valence-corrected chi connectivity index (χ0v) is 14.3. The lowest BCUT2D eigenvalue weighted by Crippen LogP contribution is -2.30. The Hall–Kier alpha value is -2.38. The highest BCUT2D eigenvalue weighted by Crippen LogP contribution is 2.21. The number of benzene rings is 2. The van der Waals surface area contributed by atoms with Crippen LogP contribution in [0.2, 0.25) is 0 Å². The number of sulfonamides is 1. The number of amides is 1. The number of para-hydroxylation sites is 1. The van der Waals surface area contributed by atoms with Crippen LogP contribution in [0.1, 0.15) is 18.0 Å². The maximum absolute atomic E-state index is 12.2. The van der Waals surface area contributed by atoms with Crippen molar-refractivity contribution in [3.8, 4) is 5.75 Å². The van der Waals surface area contributed by atoms with Crippen molar-refractivity contribution < 1.29 is 17.9 Å². The van der Waals surface area contributed by atoms with Crippen LogP contribution in [0.5, 0.6) is 5.75 Å². The molecule has 2 rings (SSSR count). The summed E-state index contributed by atoms with van der Waals surface area (Å²) >= 11 is 0. The molecule has 1 unspecified atom stereocenters. The minimum absolute atomic E-state index is 0.0196. The van der Waals surface area contributed by atoms with Gasteiger partial charge in [0.2, 0.25) is 15.9 Å². The zero-order chi connectivity index (χ0) is 17.6. The second-order valence-corrected chi connectivity index (χ2v) is 7.11. The van der Waals surface area contributed by atoms with Crippen LogP contribution >= 0.6 is 0 Å². The molecule has 0 aromatic heterocycles. The van der Waals surface area contributed by atoms with Crippen LogP contribution in [0.25, 0.3) is 0 Å². The lowest BCUT2D eigenvalue weighted by Gasteiger charge is -2.18. The molecule has 0 aliphatic heterocycles. The first-order valence-electron chi connectivity index (χ1n) is 7.33. The molecule has 6 nitrogen and oxygen atoms in total. The zero-order valence-electron chi connectivity index (χ0n) is 13.5. The summed E-state index contributed by atoms with van der Waals surface area (Å²) in [4.78, 5) is 12.2. The molecule has 128 valence electrons. The van der Waals surface area contributed by atoms with Crippen molar-refractivity contribution in [2.24, 2.45) is 0 Å². The summed E-state index contributed by atoms with van der Waals surface area (Å²) in [6.07, 6.45) is 1.05. The van der Waals surface area contributed by atoms with Crippen molar-refractivity contribution in [1.29, 1.82) is 0 Å². The lowest BCUT2D eigenvalue weighted by atomic mass is 10.0. The van der Waals surface area contributed by atoms with Crippen molar-refractivity contribution in [2.75, 3.05) is 18.7 Å². The van der Waals surface area contributed by atoms with Crippen LogP contribution in [0.4, 0.5) is 5.69 Å². The van der Waals surface area contributed by atoms with E-state index in [2.05, 4.69) is 10.0 Å². The number of carbonyl (C=O) groups excluding carboxylic acids is 1. The van der Waals surface area contributed by atoms with Gasteiger partial charge in [-0.05, 0) is 29.8 Å². The maximum Gasteiger partial charge on any atom is 0.226 e. The van der Waals surface area contributed by atoms with Gasteiger partial charge in [0.05, 0.1) is 19.4 Å². The number of methoxy groups -OCH3 is 1. The molecule has 1 atom stereocenters. The molecule has 7 heteroatoms. The Labute approximate surface area is 141 Å². The van der Waals surface area contributed by atoms with Crippen LogP contribution in [0.15, 0.2) is 54.6 Å². The van der Waals surface area contributed by atoms with Gasteiger partial charge in [0.15, 0.2) is 0 Å². The van der Waals surface area contributed by atoms with Gasteiger partial charge in [0, 0.05) is 12.1 Å². The van der Waals surface area contributed by atoms with E-state index in [4.69, 9.17) is 4.74 Å². The number of carbonyl (C=O) groups is 1. The summed E-state index contributed by atoms with van der Waals surface area (Å²) in [5.74, 6) is 0.378. The van der Waals surface area contributed by atoms with Gasteiger partial charge in [-0.25, -0.2) is 13.1 Å². The van der Waals surface area contributed by atoms with Crippen molar-refractivity contribution in [3.05, 3.63) is 60.2 Å². The highest BCUT2D eigenvalue weighted by Gasteiger charge is 2.20. The first kappa shape index (κ1) is 18.0. The number of nitrogens with one attached hydrogen (secondary N) is 2. The number of hydrogen-bond acceptors (Lipinski definition) is 4.